The minimum Gasteiger partial charge on any atom is -0.465 e. The van der Waals surface area contributed by atoms with E-state index in [4.69, 9.17) is 4.42 Å². The van der Waals surface area contributed by atoms with Crippen LogP contribution in [0.4, 0.5) is 0 Å². The van der Waals surface area contributed by atoms with Gasteiger partial charge in [0, 0.05) is 31.3 Å². The number of rotatable bonds is 5. The van der Waals surface area contributed by atoms with Crippen molar-refractivity contribution in [3.63, 3.8) is 0 Å². The Morgan fingerprint density at radius 1 is 1.19 bits per heavy atom. The number of nitrogens with one attached hydrogen (secondary N) is 1. The quantitative estimate of drug-likeness (QED) is 0.823. The van der Waals surface area contributed by atoms with E-state index in [1.54, 1.807) is 24.5 Å². The van der Waals surface area contributed by atoms with Gasteiger partial charge in [-0.25, -0.2) is 0 Å². The summed E-state index contributed by atoms with van der Waals surface area (Å²) in [5.74, 6) is 1.05. The third-order valence-electron chi connectivity index (χ3n) is 4.89. The molecule has 3 rings (SSSR count). The van der Waals surface area contributed by atoms with Gasteiger partial charge in [-0.05, 0) is 62.9 Å². The average molecular weight is 366 g/mol. The van der Waals surface area contributed by atoms with Crippen molar-refractivity contribution in [1.82, 2.24) is 10.2 Å². The lowest BCUT2D eigenvalue weighted by atomic mass is 9.96. The highest BCUT2D eigenvalue weighted by Gasteiger charge is 2.22. The summed E-state index contributed by atoms with van der Waals surface area (Å²) in [6, 6.07) is 9.49. The molecular weight excluding hydrogens is 340 g/mol. The number of hydrogen-bond donors (Lipinski definition) is 1. The molecule has 1 aromatic carbocycles. The molecule has 2 aromatic rings. The van der Waals surface area contributed by atoms with E-state index >= 15 is 0 Å². The summed E-state index contributed by atoms with van der Waals surface area (Å²) in [4.78, 5) is 26.5. The molecule has 1 aromatic heterocycles. The molecule has 1 N–H and O–H groups in total. The molecule has 1 fully saturated rings. The maximum absolute atomic E-state index is 12.4. The molecule has 0 unspecified atom stereocenters. The Hall–Kier alpha value is -2.82. The van der Waals surface area contributed by atoms with Crippen molar-refractivity contribution >= 4 is 17.9 Å². The predicted octanol–water partition coefficient (Wildman–Crippen LogP) is 3.58. The molecule has 0 atom stereocenters. The second-order valence-corrected chi connectivity index (χ2v) is 7.20. The average Bonchev–Trinajstić information content (AvgIpc) is 3.17. The Labute approximate surface area is 160 Å². The van der Waals surface area contributed by atoms with Crippen LogP contribution < -0.4 is 5.32 Å². The summed E-state index contributed by atoms with van der Waals surface area (Å²) in [6.45, 7) is 6.07. The molecule has 2 heterocycles. The van der Waals surface area contributed by atoms with Gasteiger partial charge < -0.3 is 14.6 Å². The summed E-state index contributed by atoms with van der Waals surface area (Å²) < 4.78 is 5.20. The first-order chi connectivity index (χ1) is 13.0. The van der Waals surface area contributed by atoms with Crippen molar-refractivity contribution in [2.75, 3.05) is 19.6 Å². The van der Waals surface area contributed by atoms with Crippen molar-refractivity contribution in [2.45, 2.75) is 26.7 Å². The lowest BCUT2D eigenvalue weighted by Crippen LogP contribution is -2.41. The molecule has 0 spiro atoms. The number of nitrogens with zero attached hydrogens (tertiary/aromatic N) is 1. The largest absolute Gasteiger partial charge is 0.465 e. The highest BCUT2D eigenvalue weighted by molar-refractivity contribution is 5.94. The van der Waals surface area contributed by atoms with Crippen molar-refractivity contribution in [3.8, 4) is 0 Å². The second kappa shape index (κ2) is 8.71. The maximum Gasteiger partial charge on any atom is 0.251 e. The Morgan fingerprint density at radius 2 is 1.89 bits per heavy atom. The molecule has 5 heteroatoms. The number of furan rings is 1. The van der Waals surface area contributed by atoms with Gasteiger partial charge in [-0.1, -0.05) is 17.2 Å². The van der Waals surface area contributed by atoms with Gasteiger partial charge in [-0.2, -0.15) is 0 Å². The molecule has 0 radical (unpaired) electrons. The third kappa shape index (κ3) is 5.33. The Balaban J connectivity index is 1.44. The van der Waals surface area contributed by atoms with Crippen molar-refractivity contribution in [1.29, 1.82) is 0 Å². The number of aryl methyl sites for hydroxylation is 2. The van der Waals surface area contributed by atoms with E-state index in [0.717, 1.165) is 24.0 Å². The lowest BCUT2D eigenvalue weighted by Gasteiger charge is -2.31. The van der Waals surface area contributed by atoms with E-state index < -0.39 is 0 Å². The number of piperidine rings is 1. The molecule has 27 heavy (non-hydrogen) atoms. The van der Waals surface area contributed by atoms with Crippen molar-refractivity contribution in [3.05, 3.63) is 65.1 Å². The van der Waals surface area contributed by atoms with E-state index in [1.807, 2.05) is 36.9 Å². The molecule has 0 saturated carbocycles. The van der Waals surface area contributed by atoms with Gasteiger partial charge in [0.1, 0.15) is 5.76 Å². The number of carbonyl (C=O) groups is 2. The van der Waals surface area contributed by atoms with Crippen LogP contribution in [0, 0.1) is 19.8 Å². The fourth-order valence-corrected chi connectivity index (χ4v) is 3.45. The number of benzene rings is 1. The van der Waals surface area contributed by atoms with Gasteiger partial charge in [0.15, 0.2) is 0 Å². The predicted molar refractivity (Wildman–Crippen MR) is 105 cm³/mol. The Kier molecular flexibility index (Phi) is 6.12. The number of hydrogen-bond acceptors (Lipinski definition) is 3. The lowest BCUT2D eigenvalue weighted by molar-refractivity contribution is -0.127. The normalized spacial score (nSPS) is 15.3. The van der Waals surface area contributed by atoms with Crippen LogP contribution in [-0.2, 0) is 4.79 Å². The van der Waals surface area contributed by atoms with E-state index in [9.17, 15) is 9.59 Å². The van der Waals surface area contributed by atoms with Gasteiger partial charge in [0.05, 0.1) is 6.26 Å². The standard InChI is InChI=1S/C22H26N2O3/c1-16-12-17(2)14-19(13-16)22(26)23-15-18-7-9-24(10-8-18)21(25)6-5-20-4-3-11-27-20/h3-6,11-14,18H,7-10,15H2,1-2H3,(H,23,26)/b6-5+. The fraction of sp³-hybridized carbons (Fsp3) is 0.364. The first kappa shape index (κ1) is 19.0. The van der Waals surface area contributed by atoms with Gasteiger partial charge in [0.25, 0.3) is 5.91 Å². The van der Waals surface area contributed by atoms with Crippen LogP contribution in [0.1, 0.15) is 40.1 Å². The summed E-state index contributed by atoms with van der Waals surface area (Å²) in [5, 5.41) is 3.04. The molecule has 1 saturated heterocycles. The van der Waals surface area contributed by atoms with Crippen LogP contribution in [0.3, 0.4) is 0 Å². The molecule has 2 amide bonds. The van der Waals surface area contributed by atoms with Crippen LogP contribution >= 0.6 is 0 Å². The van der Waals surface area contributed by atoms with Crippen LogP contribution in [0.25, 0.3) is 6.08 Å². The second-order valence-electron chi connectivity index (χ2n) is 7.20. The van der Waals surface area contributed by atoms with Gasteiger partial charge in [-0.15, -0.1) is 0 Å². The first-order valence-electron chi connectivity index (χ1n) is 9.38. The maximum atomic E-state index is 12.4. The van der Waals surface area contributed by atoms with Crippen LogP contribution in [0.2, 0.25) is 0 Å². The highest BCUT2D eigenvalue weighted by atomic mass is 16.3. The molecule has 0 aliphatic carbocycles. The molecule has 0 bridgehead atoms. The van der Waals surface area contributed by atoms with Crippen molar-refractivity contribution in [2.24, 2.45) is 5.92 Å². The van der Waals surface area contributed by atoms with Crippen LogP contribution in [0.15, 0.2) is 47.1 Å². The molecule has 1 aliphatic heterocycles. The fourth-order valence-electron chi connectivity index (χ4n) is 3.45. The molecule has 5 nitrogen and oxygen atoms in total. The molecule has 1 aliphatic rings. The minimum atomic E-state index is -0.0262. The molecular formula is C22H26N2O3. The van der Waals surface area contributed by atoms with Crippen LogP contribution in [0.5, 0.6) is 0 Å². The van der Waals surface area contributed by atoms with Crippen molar-refractivity contribution < 1.29 is 14.0 Å². The minimum absolute atomic E-state index is 0.00382. The topological polar surface area (TPSA) is 62.6 Å². The van der Waals surface area contributed by atoms with E-state index in [1.165, 1.54) is 0 Å². The highest BCUT2D eigenvalue weighted by Crippen LogP contribution is 2.17. The number of amides is 2. The first-order valence-corrected chi connectivity index (χ1v) is 9.38. The van der Waals surface area contributed by atoms with Crippen LogP contribution in [-0.4, -0.2) is 36.3 Å². The summed E-state index contributed by atoms with van der Waals surface area (Å²) >= 11 is 0. The third-order valence-corrected chi connectivity index (χ3v) is 4.89. The van der Waals surface area contributed by atoms with Gasteiger partial charge in [0.2, 0.25) is 5.91 Å². The Morgan fingerprint density at radius 3 is 2.52 bits per heavy atom. The molecule has 142 valence electrons. The van der Waals surface area contributed by atoms with Gasteiger partial charge in [-0.3, -0.25) is 9.59 Å². The SMILES string of the molecule is Cc1cc(C)cc(C(=O)NCC2CCN(C(=O)/C=C/c3ccco3)CC2)c1. The number of likely N-dealkylation sites (tertiary alicyclic amines) is 1. The van der Waals surface area contributed by atoms with E-state index in [0.29, 0.717) is 36.9 Å². The zero-order chi connectivity index (χ0) is 19.2. The Bertz CT molecular complexity index is 796. The summed E-state index contributed by atoms with van der Waals surface area (Å²) in [6.07, 6.45) is 6.63. The van der Waals surface area contributed by atoms with E-state index in [-0.39, 0.29) is 11.8 Å². The smallest absolute Gasteiger partial charge is 0.251 e. The summed E-state index contributed by atoms with van der Waals surface area (Å²) in [5.41, 5.74) is 2.90. The van der Waals surface area contributed by atoms with E-state index in [2.05, 4.69) is 11.4 Å². The number of carbonyl (C=O) groups excluding carboxylic acids is 2. The summed E-state index contributed by atoms with van der Waals surface area (Å²) in [7, 11) is 0. The zero-order valence-electron chi connectivity index (χ0n) is 15.9. The zero-order valence-corrected chi connectivity index (χ0v) is 15.9. The van der Waals surface area contributed by atoms with Gasteiger partial charge >= 0.3 is 0 Å². The monoisotopic (exact) mass is 366 g/mol.